The number of nitrogens with one attached hydrogen (secondary N) is 2. The molecular formula is C12H13N3O2. The number of carbonyl (C=O) groups excluding carboxylic acids is 1. The molecule has 0 fully saturated rings. The van der Waals surface area contributed by atoms with Gasteiger partial charge < -0.3 is 10.5 Å². The number of guanidine groups is 1. The highest BCUT2D eigenvalue weighted by Crippen LogP contribution is 2.18. The first-order valence-corrected chi connectivity index (χ1v) is 5.18. The third-order valence-electron chi connectivity index (χ3n) is 2.44. The first kappa shape index (κ1) is 11.3. The molecule has 1 aromatic rings. The van der Waals surface area contributed by atoms with Crippen molar-refractivity contribution in [1.29, 1.82) is 5.41 Å². The summed E-state index contributed by atoms with van der Waals surface area (Å²) in [6.07, 6.45) is 1.76. The Balaban J connectivity index is 2.28. The van der Waals surface area contributed by atoms with Gasteiger partial charge in [0.2, 0.25) is 0 Å². The summed E-state index contributed by atoms with van der Waals surface area (Å²) in [6.45, 7) is 0.692. The van der Waals surface area contributed by atoms with E-state index < -0.39 is 5.91 Å². The number of ether oxygens (including phenoxy) is 1. The number of hydrogen-bond donors (Lipinski definition) is 3. The fraction of sp³-hybridized carbons (Fsp3) is 0.167. The molecule has 0 unspecified atom stereocenters. The van der Waals surface area contributed by atoms with Crippen LogP contribution in [0, 0.1) is 5.41 Å². The number of benzene rings is 1. The van der Waals surface area contributed by atoms with Crippen LogP contribution < -0.4 is 11.1 Å². The molecular weight excluding hydrogens is 218 g/mol. The molecule has 0 saturated heterocycles. The molecule has 17 heavy (non-hydrogen) atoms. The van der Waals surface area contributed by atoms with Gasteiger partial charge in [0.1, 0.15) is 0 Å². The third kappa shape index (κ3) is 2.70. The average molecular weight is 231 g/mol. The molecule has 0 bridgehead atoms. The monoisotopic (exact) mass is 231 g/mol. The van der Waals surface area contributed by atoms with Crippen LogP contribution in [0.3, 0.4) is 0 Å². The van der Waals surface area contributed by atoms with E-state index in [1.807, 2.05) is 24.3 Å². The Bertz CT molecular complexity index is 494. The van der Waals surface area contributed by atoms with Crippen LogP contribution >= 0.6 is 0 Å². The van der Waals surface area contributed by atoms with Crippen molar-refractivity contribution < 1.29 is 9.53 Å². The van der Waals surface area contributed by atoms with Crippen molar-refractivity contribution in [3.8, 4) is 0 Å². The molecule has 1 aliphatic heterocycles. The van der Waals surface area contributed by atoms with Crippen molar-refractivity contribution in [2.75, 3.05) is 6.61 Å². The summed E-state index contributed by atoms with van der Waals surface area (Å²) in [5.41, 5.74) is 7.58. The second-order valence-corrected chi connectivity index (χ2v) is 3.73. The quantitative estimate of drug-likeness (QED) is 0.488. The summed E-state index contributed by atoms with van der Waals surface area (Å²) in [7, 11) is 0. The van der Waals surface area contributed by atoms with Crippen LogP contribution in [0.5, 0.6) is 0 Å². The summed E-state index contributed by atoms with van der Waals surface area (Å²) in [4.78, 5) is 11.7. The van der Waals surface area contributed by atoms with Gasteiger partial charge in [-0.15, -0.1) is 0 Å². The van der Waals surface area contributed by atoms with Crippen molar-refractivity contribution >= 4 is 17.9 Å². The van der Waals surface area contributed by atoms with Crippen molar-refractivity contribution in [2.24, 2.45) is 5.73 Å². The van der Waals surface area contributed by atoms with Crippen LogP contribution in [0.15, 0.2) is 29.8 Å². The lowest BCUT2D eigenvalue weighted by Crippen LogP contribution is -2.37. The van der Waals surface area contributed by atoms with Crippen molar-refractivity contribution in [2.45, 2.75) is 6.61 Å². The predicted octanol–water partition coefficient (Wildman–Crippen LogP) is 0.610. The minimum Gasteiger partial charge on any atom is -0.372 e. The van der Waals surface area contributed by atoms with E-state index >= 15 is 0 Å². The van der Waals surface area contributed by atoms with Crippen molar-refractivity contribution in [3.05, 3.63) is 41.0 Å². The molecule has 0 aliphatic carbocycles. The molecule has 2 rings (SSSR count). The van der Waals surface area contributed by atoms with E-state index in [0.29, 0.717) is 12.2 Å². The van der Waals surface area contributed by atoms with Crippen LogP contribution in [-0.2, 0) is 16.1 Å². The molecule has 0 saturated carbocycles. The Morgan fingerprint density at radius 3 is 2.88 bits per heavy atom. The molecule has 1 heterocycles. The lowest BCUT2D eigenvalue weighted by Gasteiger charge is -2.05. The SMILES string of the molecule is N=C(N)NC(=O)C1=Cc2ccccc2COC1. The highest BCUT2D eigenvalue weighted by atomic mass is 16.5. The van der Waals surface area contributed by atoms with Gasteiger partial charge in [0.15, 0.2) is 5.96 Å². The Labute approximate surface area is 98.8 Å². The van der Waals surface area contributed by atoms with Gasteiger partial charge in [0.25, 0.3) is 5.91 Å². The summed E-state index contributed by atoms with van der Waals surface area (Å²) in [6, 6.07) is 7.71. The molecule has 5 nitrogen and oxygen atoms in total. The van der Waals surface area contributed by atoms with Crippen LogP contribution in [0.4, 0.5) is 0 Å². The molecule has 1 amide bonds. The number of carbonyl (C=O) groups is 1. The van der Waals surface area contributed by atoms with E-state index in [9.17, 15) is 4.79 Å². The van der Waals surface area contributed by atoms with Gasteiger partial charge in [-0.1, -0.05) is 24.3 Å². The molecule has 0 spiro atoms. The summed E-state index contributed by atoms with van der Waals surface area (Å²) >= 11 is 0. The zero-order valence-corrected chi connectivity index (χ0v) is 9.19. The zero-order chi connectivity index (χ0) is 12.3. The molecule has 0 radical (unpaired) electrons. The molecule has 0 atom stereocenters. The molecule has 1 aromatic carbocycles. The van der Waals surface area contributed by atoms with E-state index in [4.69, 9.17) is 15.9 Å². The molecule has 5 heteroatoms. The average Bonchev–Trinajstić information content (AvgIpc) is 2.49. The number of rotatable bonds is 1. The summed E-state index contributed by atoms with van der Waals surface area (Å²) in [5.74, 6) is -0.761. The fourth-order valence-electron chi connectivity index (χ4n) is 1.64. The fourth-order valence-corrected chi connectivity index (χ4v) is 1.64. The van der Waals surface area contributed by atoms with Crippen molar-refractivity contribution in [1.82, 2.24) is 5.32 Å². The highest BCUT2D eigenvalue weighted by molar-refractivity contribution is 6.06. The van der Waals surface area contributed by atoms with Gasteiger partial charge in [-0.2, -0.15) is 0 Å². The Morgan fingerprint density at radius 2 is 2.12 bits per heavy atom. The first-order valence-electron chi connectivity index (χ1n) is 5.18. The van der Waals surface area contributed by atoms with Gasteiger partial charge in [0, 0.05) is 5.57 Å². The minimum absolute atomic E-state index is 0.216. The minimum atomic E-state index is -0.394. The van der Waals surface area contributed by atoms with E-state index in [1.165, 1.54) is 0 Å². The Morgan fingerprint density at radius 1 is 1.35 bits per heavy atom. The number of fused-ring (bicyclic) bond motifs is 1. The molecule has 1 aliphatic rings. The first-order chi connectivity index (χ1) is 8.16. The third-order valence-corrected chi connectivity index (χ3v) is 2.44. The van der Waals surface area contributed by atoms with Crippen LogP contribution in [-0.4, -0.2) is 18.5 Å². The van der Waals surface area contributed by atoms with E-state index in [0.717, 1.165) is 11.1 Å². The summed E-state index contributed by atoms with van der Waals surface area (Å²) < 4.78 is 5.40. The van der Waals surface area contributed by atoms with Gasteiger partial charge in [0.05, 0.1) is 13.2 Å². The molecule has 0 aromatic heterocycles. The topological polar surface area (TPSA) is 88.2 Å². The van der Waals surface area contributed by atoms with Gasteiger partial charge in [-0.3, -0.25) is 15.5 Å². The zero-order valence-electron chi connectivity index (χ0n) is 9.19. The van der Waals surface area contributed by atoms with E-state index in [1.54, 1.807) is 6.08 Å². The Hall–Kier alpha value is -2.14. The number of hydrogen-bond acceptors (Lipinski definition) is 3. The predicted molar refractivity (Wildman–Crippen MR) is 64.1 cm³/mol. The largest absolute Gasteiger partial charge is 0.372 e. The standard InChI is InChI=1S/C12H13N3O2/c13-12(14)15-11(16)10-5-8-3-1-2-4-9(8)6-17-7-10/h1-5H,6-7H2,(H4,13,14,15,16). The maximum atomic E-state index is 11.7. The van der Waals surface area contributed by atoms with Crippen LogP contribution in [0.2, 0.25) is 0 Å². The lowest BCUT2D eigenvalue weighted by atomic mass is 10.1. The second kappa shape index (κ2) is 4.80. The second-order valence-electron chi connectivity index (χ2n) is 3.73. The smallest absolute Gasteiger partial charge is 0.256 e. The lowest BCUT2D eigenvalue weighted by molar-refractivity contribution is -0.116. The number of amides is 1. The van der Waals surface area contributed by atoms with Gasteiger partial charge >= 0.3 is 0 Å². The summed E-state index contributed by atoms with van der Waals surface area (Å²) in [5, 5.41) is 9.27. The maximum Gasteiger partial charge on any atom is 0.256 e. The Kier molecular flexibility index (Phi) is 3.20. The van der Waals surface area contributed by atoms with Gasteiger partial charge in [-0.05, 0) is 17.2 Å². The molecule has 4 N–H and O–H groups in total. The normalized spacial score (nSPS) is 14.2. The van der Waals surface area contributed by atoms with Gasteiger partial charge in [-0.25, -0.2) is 0 Å². The van der Waals surface area contributed by atoms with E-state index in [2.05, 4.69) is 5.32 Å². The van der Waals surface area contributed by atoms with Crippen LogP contribution in [0.25, 0.3) is 6.08 Å². The highest BCUT2D eigenvalue weighted by Gasteiger charge is 2.14. The van der Waals surface area contributed by atoms with E-state index in [-0.39, 0.29) is 12.6 Å². The van der Waals surface area contributed by atoms with Crippen LogP contribution in [0.1, 0.15) is 11.1 Å². The number of nitrogens with two attached hydrogens (primary N) is 1. The molecule has 88 valence electrons. The maximum absolute atomic E-state index is 11.7. The van der Waals surface area contributed by atoms with Crippen molar-refractivity contribution in [3.63, 3.8) is 0 Å².